The number of hydrogen-bond donors (Lipinski definition) is 1. The highest BCUT2D eigenvalue weighted by Crippen LogP contribution is 2.27. The Morgan fingerprint density at radius 1 is 1.23 bits per heavy atom. The van der Waals surface area contributed by atoms with Gasteiger partial charge < -0.3 is 9.30 Å². The third-order valence-corrected chi connectivity index (χ3v) is 5.03. The number of ether oxygens (including phenoxy) is 1. The standard InChI is InChI=1S/C21H23N3O2/c1-3-19(26-16-12-11-14-7-6-8-15(14)13-16)20(25)23-21-22-17-9-4-5-10-18(17)24(21)2/h4-5,9-13,19H,3,6-8H2,1-2H3,(H,22,23,25). The first kappa shape index (κ1) is 16.6. The Morgan fingerprint density at radius 3 is 2.85 bits per heavy atom. The summed E-state index contributed by atoms with van der Waals surface area (Å²) in [6.07, 6.45) is 3.47. The van der Waals surface area contributed by atoms with Gasteiger partial charge in [0.15, 0.2) is 6.10 Å². The molecule has 1 atom stereocenters. The Bertz CT molecular complexity index is 961. The lowest BCUT2D eigenvalue weighted by Crippen LogP contribution is -2.33. The SMILES string of the molecule is CCC(Oc1ccc2c(c1)CCC2)C(=O)Nc1nc2ccccc2n1C. The van der Waals surface area contributed by atoms with E-state index < -0.39 is 6.10 Å². The number of rotatable bonds is 5. The number of nitrogens with one attached hydrogen (secondary N) is 1. The predicted octanol–water partition coefficient (Wildman–Crippen LogP) is 3.86. The first-order valence-corrected chi connectivity index (χ1v) is 9.16. The summed E-state index contributed by atoms with van der Waals surface area (Å²) in [7, 11) is 1.90. The smallest absolute Gasteiger partial charge is 0.267 e. The molecule has 0 spiro atoms. The summed E-state index contributed by atoms with van der Waals surface area (Å²) in [4.78, 5) is 17.2. The van der Waals surface area contributed by atoms with E-state index in [0.717, 1.165) is 29.6 Å². The van der Waals surface area contributed by atoms with Gasteiger partial charge in [-0.2, -0.15) is 0 Å². The molecule has 3 aromatic rings. The van der Waals surface area contributed by atoms with Gasteiger partial charge in [-0.3, -0.25) is 10.1 Å². The van der Waals surface area contributed by atoms with Crippen molar-refractivity contribution in [2.24, 2.45) is 7.05 Å². The van der Waals surface area contributed by atoms with Gasteiger partial charge in [-0.05, 0) is 61.1 Å². The van der Waals surface area contributed by atoms with Gasteiger partial charge in [0.05, 0.1) is 11.0 Å². The Balaban J connectivity index is 1.50. The van der Waals surface area contributed by atoms with Crippen molar-refractivity contribution in [1.82, 2.24) is 9.55 Å². The van der Waals surface area contributed by atoms with Crippen LogP contribution < -0.4 is 10.1 Å². The summed E-state index contributed by atoms with van der Waals surface area (Å²) in [5.74, 6) is 1.12. The van der Waals surface area contributed by atoms with Crippen LogP contribution in [0.5, 0.6) is 5.75 Å². The number of aromatic nitrogens is 2. The maximum Gasteiger partial charge on any atom is 0.267 e. The topological polar surface area (TPSA) is 56.1 Å². The van der Waals surface area contributed by atoms with Crippen LogP contribution in [0.25, 0.3) is 11.0 Å². The van der Waals surface area contributed by atoms with Gasteiger partial charge in [-0.1, -0.05) is 25.1 Å². The maximum absolute atomic E-state index is 12.7. The fourth-order valence-electron chi connectivity index (χ4n) is 3.56. The molecule has 134 valence electrons. The highest BCUT2D eigenvalue weighted by Gasteiger charge is 2.21. The molecule has 1 amide bonds. The largest absolute Gasteiger partial charge is 0.481 e. The highest BCUT2D eigenvalue weighted by molar-refractivity contribution is 5.94. The van der Waals surface area contributed by atoms with E-state index in [1.165, 1.54) is 17.5 Å². The molecule has 1 unspecified atom stereocenters. The molecule has 5 nitrogen and oxygen atoms in total. The van der Waals surface area contributed by atoms with Crippen molar-refractivity contribution in [3.8, 4) is 5.75 Å². The van der Waals surface area contributed by atoms with E-state index in [1.54, 1.807) is 0 Å². The van der Waals surface area contributed by atoms with E-state index in [4.69, 9.17) is 4.74 Å². The van der Waals surface area contributed by atoms with Crippen LogP contribution in [0.3, 0.4) is 0 Å². The van der Waals surface area contributed by atoms with Gasteiger partial charge in [0.25, 0.3) is 5.91 Å². The molecule has 5 heteroatoms. The van der Waals surface area contributed by atoms with E-state index >= 15 is 0 Å². The summed E-state index contributed by atoms with van der Waals surface area (Å²) < 4.78 is 7.87. The molecule has 4 rings (SSSR count). The van der Waals surface area contributed by atoms with Crippen molar-refractivity contribution >= 4 is 22.9 Å². The quantitative estimate of drug-likeness (QED) is 0.761. The monoisotopic (exact) mass is 349 g/mol. The first-order valence-electron chi connectivity index (χ1n) is 9.16. The van der Waals surface area contributed by atoms with Crippen molar-refractivity contribution in [2.45, 2.75) is 38.7 Å². The number of imidazole rings is 1. The van der Waals surface area contributed by atoms with Crippen molar-refractivity contribution in [3.05, 3.63) is 53.6 Å². The number of carbonyl (C=O) groups is 1. The second kappa shape index (κ2) is 6.83. The summed E-state index contributed by atoms with van der Waals surface area (Å²) in [6, 6.07) is 14.0. The Kier molecular flexibility index (Phi) is 4.37. The van der Waals surface area contributed by atoms with Gasteiger partial charge in [-0.15, -0.1) is 0 Å². The predicted molar refractivity (Wildman–Crippen MR) is 103 cm³/mol. The van der Waals surface area contributed by atoms with E-state index in [0.29, 0.717) is 12.4 Å². The lowest BCUT2D eigenvalue weighted by Gasteiger charge is -2.17. The van der Waals surface area contributed by atoms with Crippen molar-refractivity contribution < 1.29 is 9.53 Å². The normalized spacial score (nSPS) is 14.2. The molecule has 1 N–H and O–H groups in total. The third kappa shape index (κ3) is 3.05. The molecule has 26 heavy (non-hydrogen) atoms. The molecule has 0 fully saturated rings. The summed E-state index contributed by atoms with van der Waals surface area (Å²) in [5.41, 5.74) is 4.58. The Morgan fingerprint density at radius 2 is 2.04 bits per heavy atom. The van der Waals surface area contributed by atoms with E-state index in [-0.39, 0.29) is 5.91 Å². The summed E-state index contributed by atoms with van der Waals surface area (Å²) in [5, 5.41) is 2.91. The number of hydrogen-bond acceptors (Lipinski definition) is 3. The summed E-state index contributed by atoms with van der Waals surface area (Å²) >= 11 is 0. The fourth-order valence-corrected chi connectivity index (χ4v) is 3.56. The second-order valence-corrected chi connectivity index (χ2v) is 6.77. The Hall–Kier alpha value is -2.82. The van der Waals surface area contributed by atoms with Gasteiger partial charge in [-0.25, -0.2) is 4.98 Å². The number of para-hydroxylation sites is 2. The lowest BCUT2D eigenvalue weighted by molar-refractivity contribution is -0.122. The molecular weight excluding hydrogens is 326 g/mol. The Labute approximate surface area is 153 Å². The fraction of sp³-hybridized carbons (Fsp3) is 0.333. The van der Waals surface area contributed by atoms with Crippen LogP contribution >= 0.6 is 0 Å². The zero-order valence-electron chi connectivity index (χ0n) is 15.2. The van der Waals surface area contributed by atoms with Crippen LogP contribution in [0.2, 0.25) is 0 Å². The molecule has 1 aliphatic rings. The van der Waals surface area contributed by atoms with Gasteiger partial charge in [0, 0.05) is 7.05 Å². The zero-order valence-corrected chi connectivity index (χ0v) is 15.2. The van der Waals surface area contributed by atoms with Crippen LogP contribution in [0.15, 0.2) is 42.5 Å². The molecule has 0 bridgehead atoms. The molecule has 0 aliphatic heterocycles. The molecule has 0 saturated carbocycles. The first-order chi connectivity index (χ1) is 12.7. The highest BCUT2D eigenvalue weighted by atomic mass is 16.5. The van der Waals surface area contributed by atoms with Crippen LogP contribution in [-0.4, -0.2) is 21.6 Å². The third-order valence-electron chi connectivity index (χ3n) is 5.03. The number of amides is 1. The number of benzene rings is 2. The average Bonchev–Trinajstić information content (AvgIpc) is 3.24. The van der Waals surface area contributed by atoms with Crippen molar-refractivity contribution in [2.75, 3.05) is 5.32 Å². The number of nitrogens with zero attached hydrogens (tertiary/aromatic N) is 2. The van der Waals surface area contributed by atoms with E-state index in [9.17, 15) is 4.79 Å². The van der Waals surface area contributed by atoms with Gasteiger partial charge in [0.2, 0.25) is 5.95 Å². The minimum absolute atomic E-state index is 0.175. The molecular formula is C21H23N3O2. The lowest BCUT2D eigenvalue weighted by atomic mass is 10.1. The minimum atomic E-state index is -0.547. The van der Waals surface area contributed by atoms with Crippen LogP contribution in [0.1, 0.15) is 30.9 Å². The average molecular weight is 349 g/mol. The molecule has 1 aromatic heterocycles. The summed E-state index contributed by atoms with van der Waals surface area (Å²) in [6.45, 7) is 1.95. The zero-order chi connectivity index (χ0) is 18.1. The second-order valence-electron chi connectivity index (χ2n) is 6.77. The van der Waals surface area contributed by atoms with E-state index in [1.807, 2.05) is 48.9 Å². The molecule has 2 aromatic carbocycles. The van der Waals surface area contributed by atoms with Crippen molar-refractivity contribution in [1.29, 1.82) is 0 Å². The number of anilines is 1. The maximum atomic E-state index is 12.7. The number of aryl methyl sites for hydroxylation is 3. The van der Waals surface area contributed by atoms with Gasteiger partial charge >= 0.3 is 0 Å². The molecule has 1 heterocycles. The van der Waals surface area contributed by atoms with Crippen LogP contribution in [0, 0.1) is 0 Å². The van der Waals surface area contributed by atoms with Gasteiger partial charge in [0.1, 0.15) is 5.75 Å². The number of carbonyl (C=O) groups excluding carboxylic acids is 1. The van der Waals surface area contributed by atoms with Crippen LogP contribution in [0.4, 0.5) is 5.95 Å². The van der Waals surface area contributed by atoms with E-state index in [2.05, 4.69) is 22.4 Å². The van der Waals surface area contributed by atoms with Crippen LogP contribution in [-0.2, 0) is 24.7 Å². The number of fused-ring (bicyclic) bond motifs is 2. The molecule has 0 saturated heterocycles. The molecule has 1 aliphatic carbocycles. The molecule has 0 radical (unpaired) electrons. The van der Waals surface area contributed by atoms with Crippen molar-refractivity contribution in [3.63, 3.8) is 0 Å². The minimum Gasteiger partial charge on any atom is -0.481 e.